The quantitative estimate of drug-likeness (QED) is 0.811. The lowest BCUT2D eigenvalue weighted by Gasteiger charge is -2.44. The van der Waals surface area contributed by atoms with E-state index in [9.17, 15) is 9.59 Å². The number of carbonyl (C=O) groups excluding carboxylic acids is 2. The normalized spacial score (nSPS) is 16.2. The first kappa shape index (κ1) is 20.9. The standard InChI is InChI=1S/C23H29N3O3/c1-6-29-18-13-11-17(12-14-18)15-25(5)16(2)21(27)26-20-10-8-7-9-19(20)24-22(28)23(26,3)4/h7-14,16H,6,15H2,1-5H3,(H,24,28)/t16-/m0/s1. The number of likely N-dealkylation sites (N-methyl/N-ethyl adjacent to an activating group) is 1. The molecule has 1 aliphatic rings. The number of fused-ring (bicyclic) bond motifs is 1. The fourth-order valence-corrected chi connectivity index (χ4v) is 3.50. The molecule has 0 unspecified atom stereocenters. The molecule has 0 aromatic heterocycles. The molecule has 3 rings (SSSR count). The highest BCUT2D eigenvalue weighted by atomic mass is 16.5. The van der Waals surface area contributed by atoms with Crippen LogP contribution in [0.1, 0.15) is 33.3 Å². The Morgan fingerprint density at radius 1 is 1.17 bits per heavy atom. The average molecular weight is 396 g/mol. The van der Waals surface area contributed by atoms with Crippen LogP contribution in [0.25, 0.3) is 0 Å². The molecule has 1 aliphatic heterocycles. The zero-order valence-corrected chi connectivity index (χ0v) is 17.7. The zero-order valence-electron chi connectivity index (χ0n) is 17.7. The maximum absolute atomic E-state index is 13.5. The number of carbonyl (C=O) groups is 2. The summed E-state index contributed by atoms with van der Waals surface area (Å²) in [5.41, 5.74) is 1.50. The molecule has 2 amide bonds. The van der Waals surface area contributed by atoms with Crippen molar-refractivity contribution in [3.63, 3.8) is 0 Å². The van der Waals surface area contributed by atoms with Crippen LogP contribution in [0.5, 0.6) is 5.75 Å². The third-order valence-electron chi connectivity index (χ3n) is 5.41. The largest absolute Gasteiger partial charge is 0.494 e. The summed E-state index contributed by atoms with van der Waals surface area (Å²) in [6.07, 6.45) is 0. The van der Waals surface area contributed by atoms with E-state index in [1.807, 2.05) is 74.3 Å². The maximum atomic E-state index is 13.5. The number of anilines is 2. The molecule has 2 aromatic carbocycles. The van der Waals surface area contributed by atoms with Crippen molar-refractivity contribution in [3.05, 3.63) is 54.1 Å². The van der Waals surface area contributed by atoms with E-state index in [4.69, 9.17) is 4.74 Å². The lowest BCUT2D eigenvalue weighted by Crippen LogP contribution is -2.61. The van der Waals surface area contributed by atoms with Crippen LogP contribution in [-0.4, -0.2) is 41.9 Å². The number of benzene rings is 2. The van der Waals surface area contributed by atoms with Crippen molar-refractivity contribution in [3.8, 4) is 5.75 Å². The molecular formula is C23H29N3O3. The van der Waals surface area contributed by atoms with Crippen LogP contribution >= 0.6 is 0 Å². The molecule has 0 saturated carbocycles. The van der Waals surface area contributed by atoms with Gasteiger partial charge in [-0.25, -0.2) is 0 Å². The number of nitrogens with one attached hydrogen (secondary N) is 1. The Kier molecular flexibility index (Phi) is 5.94. The summed E-state index contributed by atoms with van der Waals surface area (Å²) in [4.78, 5) is 29.7. The van der Waals surface area contributed by atoms with Crippen molar-refractivity contribution < 1.29 is 14.3 Å². The van der Waals surface area contributed by atoms with Crippen LogP contribution < -0.4 is 15.0 Å². The highest BCUT2D eigenvalue weighted by Crippen LogP contribution is 2.37. The summed E-state index contributed by atoms with van der Waals surface area (Å²) in [7, 11) is 1.92. The highest BCUT2D eigenvalue weighted by molar-refractivity contribution is 6.15. The molecule has 1 heterocycles. The van der Waals surface area contributed by atoms with Crippen LogP contribution in [0.2, 0.25) is 0 Å². The van der Waals surface area contributed by atoms with Crippen molar-refractivity contribution >= 4 is 23.2 Å². The predicted molar refractivity (Wildman–Crippen MR) is 115 cm³/mol. The number of ether oxygens (including phenoxy) is 1. The fourth-order valence-electron chi connectivity index (χ4n) is 3.50. The topological polar surface area (TPSA) is 61.9 Å². The van der Waals surface area contributed by atoms with Gasteiger partial charge >= 0.3 is 0 Å². The molecular weight excluding hydrogens is 366 g/mol. The van der Waals surface area contributed by atoms with Gasteiger partial charge in [0.15, 0.2) is 0 Å². The fraction of sp³-hybridized carbons (Fsp3) is 0.391. The Labute approximate surface area is 172 Å². The Morgan fingerprint density at radius 2 is 1.83 bits per heavy atom. The van der Waals surface area contributed by atoms with Crippen molar-refractivity contribution in [2.75, 3.05) is 23.9 Å². The summed E-state index contributed by atoms with van der Waals surface area (Å²) in [5, 5.41) is 2.90. The summed E-state index contributed by atoms with van der Waals surface area (Å²) >= 11 is 0. The Hall–Kier alpha value is -2.86. The third kappa shape index (κ3) is 4.12. The number of rotatable bonds is 6. The van der Waals surface area contributed by atoms with Gasteiger partial charge in [0.05, 0.1) is 24.0 Å². The number of hydrogen-bond donors (Lipinski definition) is 1. The summed E-state index contributed by atoms with van der Waals surface area (Å²) in [5.74, 6) is 0.539. The van der Waals surface area contributed by atoms with Gasteiger partial charge in [-0.15, -0.1) is 0 Å². The van der Waals surface area contributed by atoms with E-state index in [-0.39, 0.29) is 11.8 Å². The smallest absolute Gasteiger partial charge is 0.250 e. The first-order valence-electron chi connectivity index (χ1n) is 9.92. The van der Waals surface area contributed by atoms with Gasteiger partial charge in [0, 0.05) is 6.54 Å². The van der Waals surface area contributed by atoms with Gasteiger partial charge < -0.3 is 10.1 Å². The minimum absolute atomic E-state index is 0.106. The minimum atomic E-state index is -0.973. The molecule has 0 radical (unpaired) electrons. The zero-order chi connectivity index (χ0) is 21.2. The summed E-state index contributed by atoms with van der Waals surface area (Å²) in [6.45, 7) is 8.62. The summed E-state index contributed by atoms with van der Waals surface area (Å²) < 4.78 is 5.48. The van der Waals surface area contributed by atoms with Crippen LogP contribution in [-0.2, 0) is 16.1 Å². The average Bonchev–Trinajstić information content (AvgIpc) is 2.69. The van der Waals surface area contributed by atoms with Crippen LogP contribution in [0.4, 0.5) is 11.4 Å². The monoisotopic (exact) mass is 395 g/mol. The van der Waals surface area contributed by atoms with Gasteiger partial charge in [0.25, 0.3) is 0 Å². The second-order valence-corrected chi connectivity index (χ2v) is 7.87. The lowest BCUT2D eigenvalue weighted by atomic mass is 9.95. The second kappa shape index (κ2) is 8.25. The van der Waals surface area contributed by atoms with Gasteiger partial charge in [0.2, 0.25) is 11.8 Å². The molecule has 1 atom stereocenters. The second-order valence-electron chi connectivity index (χ2n) is 7.87. The van der Waals surface area contributed by atoms with Gasteiger partial charge in [-0.2, -0.15) is 0 Å². The van der Waals surface area contributed by atoms with Gasteiger partial charge in [-0.05, 0) is 64.6 Å². The first-order valence-corrected chi connectivity index (χ1v) is 9.92. The van der Waals surface area contributed by atoms with Crippen molar-refractivity contribution in [1.82, 2.24) is 4.90 Å². The Morgan fingerprint density at radius 3 is 2.48 bits per heavy atom. The highest BCUT2D eigenvalue weighted by Gasteiger charge is 2.45. The number of nitrogens with zero attached hydrogens (tertiary/aromatic N) is 2. The molecule has 0 aliphatic carbocycles. The molecule has 2 aromatic rings. The first-order chi connectivity index (χ1) is 13.8. The van der Waals surface area contributed by atoms with Crippen molar-refractivity contribution in [1.29, 1.82) is 0 Å². The Balaban J connectivity index is 1.80. The lowest BCUT2D eigenvalue weighted by molar-refractivity contribution is -0.129. The number of hydrogen-bond acceptors (Lipinski definition) is 4. The van der Waals surface area contributed by atoms with E-state index in [1.54, 1.807) is 18.7 Å². The van der Waals surface area contributed by atoms with Gasteiger partial charge in [0.1, 0.15) is 11.3 Å². The van der Waals surface area contributed by atoms with E-state index in [0.29, 0.717) is 18.8 Å². The van der Waals surface area contributed by atoms with Crippen LogP contribution in [0.3, 0.4) is 0 Å². The SMILES string of the molecule is CCOc1ccc(CN(C)[C@@H](C)C(=O)N2c3ccccc3NC(=O)C2(C)C)cc1. The molecule has 0 bridgehead atoms. The summed E-state index contributed by atoms with van der Waals surface area (Å²) in [6, 6.07) is 14.9. The minimum Gasteiger partial charge on any atom is -0.494 e. The van der Waals surface area contributed by atoms with E-state index in [2.05, 4.69) is 5.32 Å². The predicted octanol–water partition coefficient (Wildman–Crippen LogP) is 3.67. The molecule has 29 heavy (non-hydrogen) atoms. The van der Waals surface area contributed by atoms with E-state index in [1.165, 1.54) is 0 Å². The van der Waals surface area contributed by atoms with Gasteiger partial charge in [-0.3, -0.25) is 19.4 Å². The van der Waals surface area contributed by atoms with Crippen LogP contribution in [0.15, 0.2) is 48.5 Å². The third-order valence-corrected chi connectivity index (χ3v) is 5.41. The number of amides is 2. The molecule has 154 valence electrons. The number of para-hydroxylation sites is 2. The molecule has 0 fully saturated rings. The molecule has 0 spiro atoms. The maximum Gasteiger partial charge on any atom is 0.250 e. The van der Waals surface area contributed by atoms with Gasteiger partial charge in [-0.1, -0.05) is 24.3 Å². The molecule has 6 heteroatoms. The van der Waals surface area contributed by atoms with E-state index in [0.717, 1.165) is 17.0 Å². The Bertz CT molecular complexity index is 892. The molecule has 6 nitrogen and oxygen atoms in total. The van der Waals surface area contributed by atoms with E-state index >= 15 is 0 Å². The van der Waals surface area contributed by atoms with Crippen molar-refractivity contribution in [2.24, 2.45) is 0 Å². The van der Waals surface area contributed by atoms with Crippen LogP contribution in [0, 0.1) is 0 Å². The molecule has 0 saturated heterocycles. The van der Waals surface area contributed by atoms with E-state index < -0.39 is 11.6 Å². The van der Waals surface area contributed by atoms with Crippen molar-refractivity contribution in [2.45, 2.75) is 45.8 Å². The molecule has 1 N–H and O–H groups in total.